The van der Waals surface area contributed by atoms with Crippen LogP contribution < -0.4 is 10.6 Å². The molecule has 0 spiro atoms. The molecule has 18 heavy (non-hydrogen) atoms. The standard InChI is InChI=1S/C15H20N2O/c18-15(16-8-7-11-5-6-11)17-14-9-12-3-1-2-4-13(12)10-14/h1-4,11,14H,5-10H2,(H2,16,17,18). The van der Waals surface area contributed by atoms with Crippen molar-refractivity contribution in [3.05, 3.63) is 35.4 Å². The maximum Gasteiger partial charge on any atom is 0.315 e. The number of rotatable bonds is 4. The van der Waals surface area contributed by atoms with Gasteiger partial charge in [0.1, 0.15) is 0 Å². The van der Waals surface area contributed by atoms with E-state index < -0.39 is 0 Å². The average molecular weight is 244 g/mol. The Morgan fingerprint density at radius 1 is 1.17 bits per heavy atom. The molecule has 0 atom stereocenters. The smallest absolute Gasteiger partial charge is 0.315 e. The Morgan fingerprint density at radius 2 is 1.83 bits per heavy atom. The van der Waals surface area contributed by atoms with E-state index in [1.807, 2.05) is 0 Å². The Morgan fingerprint density at radius 3 is 2.44 bits per heavy atom. The molecule has 2 aliphatic rings. The Balaban J connectivity index is 1.42. The van der Waals surface area contributed by atoms with Gasteiger partial charge >= 0.3 is 6.03 Å². The maximum absolute atomic E-state index is 11.7. The van der Waals surface area contributed by atoms with Crippen LogP contribution in [0.1, 0.15) is 30.4 Å². The Kier molecular flexibility index (Phi) is 3.22. The molecule has 1 saturated carbocycles. The molecule has 3 rings (SSSR count). The molecule has 0 heterocycles. The first-order valence-corrected chi connectivity index (χ1v) is 6.92. The van der Waals surface area contributed by atoms with Gasteiger partial charge in [-0.05, 0) is 36.3 Å². The van der Waals surface area contributed by atoms with E-state index in [4.69, 9.17) is 0 Å². The maximum atomic E-state index is 11.7. The monoisotopic (exact) mass is 244 g/mol. The lowest BCUT2D eigenvalue weighted by atomic mass is 10.1. The van der Waals surface area contributed by atoms with Gasteiger partial charge in [-0.2, -0.15) is 0 Å². The zero-order valence-electron chi connectivity index (χ0n) is 10.6. The second kappa shape index (κ2) is 5.01. The van der Waals surface area contributed by atoms with Crippen LogP contribution in [0, 0.1) is 5.92 Å². The van der Waals surface area contributed by atoms with Crippen molar-refractivity contribution >= 4 is 6.03 Å². The predicted octanol–water partition coefficient (Wildman–Crippen LogP) is 2.25. The quantitative estimate of drug-likeness (QED) is 0.838. The lowest BCUT2D eigenvalue weighted by Gasteiger charge is -2.12. The van der Waals surface area contributed by atoms with Gasteiger partial charge in [-0.15, -0.1) is 0 Å². The van der Waals surface area contributed by atoms with E-state index in [0.717, 1.165) is 31.7 Å². The number of urea groups is 1. The van der Waals surface area contributed by atoms with E-state index in [1.165, 1.54) is 24.0 Å². The van der Waals surface area contributed by atoms with E-state index in [9.17, 15) is 4.79 Å². The Labute approximate surface area is 108 Å². The fourth-order valence-electron chi connectivity index (χ4n) is 2.69. The summed E-state index contributed by atoms with van der Waals surface area (Å²) in [6.45, 7) is 0.816. The Bertz CT molecular complexity index is 415. The molecule has 0 saturated heterocycles. The van der Waals surface area contributed by atoms with E-state index in [0.29, 0.717) is 0 Å². The van der Waals surface area contributed by atoms with Crippen molar-refractivity contribution in [1.29, 1.82) is 0 Å². The molecule has 96 valence electrons. The number of nitrogens with one attached hydrogen (secondary N) is 2. The third-order valence-electron chi connectivity index (χ3n) is 3.92. The van der Waals surface area contributed by atoms with Crippen LogP contribution in [0.4, 0.5) is 4.79 Å². The first kappa shape index (κ1) is 11.6. The summed E-state index contributed by atoms with van der Waals surface area (Å²) in [6, 6.07) is 8.70. The van der Waals surface area contributed by atoms with Gasteiger partial charge in [0.25, 0.3) is 0 Å². The van der Waals surface area contributed by atoms with Crippen molar-refractivity contribution in [3.63, 3.8) is 0 Å². The number of hydrogen-bond acceptors (Lipinski definition) is 1. The number of carbonyl (C=O) groups excluding carboxylic acids is 1. The number of fused-ring (bicyclic) bond motifs is 1. The minimum atomic E-state index is -0.00606. The van der Waals surface area contributed by atoms with Crippen molar-refractivity contribution < 1.29 is 4.79 Å². The number of amides is 2. The number of carbonyl (C=O) groups is 1. The van der Waals surface area contributed by atoms with Gasteiger partial charge in [0, 0.05) is 12.6 Å². The lowest BCUT2D eigenvalue weighted by Crippen LogP contribution is -2.42. The summed E-state index contributed by atoms with van der Waals surface area (Å²) in [5, 5.41) is 6.03. The highest BCUT2D eigenvalue weighted by Gasteiger charge is 2.23. The zero-order valence-corrected chi connectivity index (χ0v) is 10.6. The van der Waals surface area contributed by atoms with Crippen LogP contribution in [0.5, 0.6) is 0 Å². The van der Waals surface area contributed by atoms with Crippen LogP contribution in [-0.2, 0) is 12.8 Å². The summed E-state index contributed by atoms with van der Waals surface area (Å²) in [4.78, 5) is 11.7. The molecule has 2 aliphatic carbocycles. The first-order chi connectivity index (χ1) is 8.81. The fraction of sp³-hybridized carbons (Fsp3) is 0.533. The molecule has 1 aromatic carbocycles. The SMILES string of the molecule is O=C(NCCC1CC1)NC1Cc2ccccc2C1. The molecule has 2 N–H and O–H groups in total. The van der Waals surface area contributed by atoms with E-state index in [-0.39, 0.29) is 12.1 Å². The second-order valence-electron chi connectivity index (χ2n) is 5.51. The minimum absolute atomic E-state index is 0.00606. The molecule has 0 aromatic heterocycles. The fourth-order valence-corrected chi connectivity index (χ4v) is 2.69. The van der Waals surface area contributed by atoms with Gasteiger partial charge in [0.15, 0.2) is 0 Å². The van der Waals surface area contributed by atoms with E-state index in [1.54, 1.807) is 0 Å². The average Bonchev–Trinajstić information content (AvgIpc) is 3.08. The van der Waals surface area contributed by atoms with E-state index >= 15 is 0 Å². The van der Waals surface area contributed by atoms with Crippen LogP contribution in [-0.4, -0.2) is 18.6 Å². The summed E-state index contributed by atoms with van der Waals surface area (Å²) in [6.07, 6.45) is 5.76. The van der Waals surface area contributed by atoms with Crippen molar-refractivity contribution in [2.24, 2.45) is 5.92 Å². The first-order valence-electron chi connectivity index (χ1n) is 6.92. The molecule has 1 aromatic rings. The second-order valence-corrected chi connectivity index (χ2v) is 5.51. The highest BCUT2D eigenvalue weighted by Crippen LogP contribution is 2.31. The molecule has 0 radical (unpaired) electrons. The van der Waals surface area contributed by atoms with Gasteiger partial charge in [0.2, 0.25) is 0 Å². The predicted molar refractivity (Wildman–Crippen MR) is 71.5 cm³/mol. The summed E-state index contributed by atoms with van der Waals surface area (Å²) < 4.78 is 0. The summed E-state index contributed by atoms with van der Waals surface area (Å²) in [5.74, 6) is 0.876. The van der Waals surface area contributed by atoms with Gasteiger partial charge in [-0.1, -0.05) is 37.1 Å². The normalized spacial score (nSPS) is 18.4. The van der Waals surface area contributed by atoms with Crippen LogP contribution in [0.3, 0.4) is 0 Å². The molecule has 0 bridgehead atoms. The molecular weight excluding hydrogens is 224 g/mol. The summed E-state index contributed by atoms with van der Waals surface area (Å²) in [5.41, 5.74) is 2.75. The van der Waals surface area contributed by atoms with Gasteiger partial charge < -0.3 is 10.6 Å². The molecule has 0 unspecified atom stereocenters. The minimum Gasteiger partial charge on any atom is -0.338 e. The summed E-state index contributed by atoms with van der Waals surface area (Å²) in [7, 11) is 0. The summed E-state index contributed by atoms with van der Waals surface area (Å²) >= 11 is 0. The largest absolute Gasteiger partial charge is 0.338 e. The molecular formula is C15H20N2O. The third kappa shape index (κ3) is 2.84. The molecule has 2 amide bonds. The van der Waals surface area contributed by atoms with Gasteiger partial charge in [0.05, 0.1) is 0 Å². The van der Waals surface area contributed by atoms with E-state index in [2.05, 4.69) is 34.9 Å². The number of benzene rings is 1. The van der Waals surface area contributed by atoms with Gasteiger partial charge in [-0.25, -0.2) is 4.79 Å². The van der Waals surface area contributed by atoms with Crippen molar-refractivity contribution in [3.8, 4) is 0 Å². The third-order valence-corrected chi connectivity index (χ3v) is 3.92. The van der Waals surface area contributed by atoms with Crippen molar-refractivity contribution in [2.45, 2.75) is 38.1 Å². The van der Waals surface area contributed by atoms with Crippen LogP contribution in [0.2, 0.25) is 0 Å². The molecule has 0 aliphatic heterocycles. The topological polar surface area (TPSA) is 41.1 Å². The molecule has 1 fully saturated rings. The van der Waals surface area contributed by atoms with Gasteiger partial charge in [-0.3, -0.25) is 0 Å². The molecule has 3 nitrogen and oxygen atoms in total. The highest BCUT2D eigenvalue weighted by molar-refractivity contribution is 5.74. The van der Waals surface area contributed by atoms with Crippen LogP contribution in [0.25, 0.3) is 0 Å². The van der Waals surface area contributed by atoms with Crippen LogP contribution >= 0.6 is 0 Å². The van der Waals surface area contributed by atoms with Crippen LogP contribution in [0.15, 0.2) is 24.3 Å². The lowest BCUT2D eigenvalue weighted by molar-refractivity contribution is 0.237. The molecule has 3 heteroatoms. The highest BCUT2D eigenvalue weighted by atomic mass is 16.2. The Hall–Kier alpha value is -1.51. The number of hydrogen-bond donors (Lipinski definition) is 2. The van der Waals surface area contributed by atoms with Crippen molar-refractivity contribution in [2.75, 3.05) is 6.54 Å². The van der Waals surface area contributed by atoms with Crippen molar-refractivity contribution in [1.82, 2.24) is 10.6 Å². The zero-order chi connectivity index (χ0) is 12.4.